The first kappa shape index (κ1) is 27.4. The van der Waals surface area contributed by atoms with Crippen LogP contribution in [0.1, 0.15) is 12.5 Å². The van der Waals surface area contributed by atoms with E-state index in [2.05, 4.69) is 9.97 Å². The molecule has 0 fully saturated rings. The standard InChI is InChI=1S/C22H19N3O6S3.Na/c1-15(26)25(33(27,28)18-5-3-2-4-6-18)17-9-7-16(8-10-17)14-32-22-23-20-12-11-19(34(29,30)31)13-21(20)24-22;/h2-13H,14H2,1H3,(H,23,24)(H,29,30,31);/q;+1/p-1. The van der Waals surface area contributed by atoms with Gasteiger partial charge in [-0.15, -0.1) is 0 Å². The number of aromatic amines is 1. The molecule has 0 saturated carbocycles. The number of hydrogen-bond donors (Lipinski definition) is 1. The maximum absolute atomic E-state index is 13.0. The number of benzene rings is 3. The van der Waals surface area contributed by atoms with Crippen LogP contribution in [0.5, 0.6) is 0 Å². The molecule has 0 radical (unpaired) electrons. The maximum Gasteiger partial charge on any atom is 1.00 e. The van der Waals surface area contributed by atoms with E-state index < -0.39 is 26.0 Å². The van der Waals surface area contributed by atoms with E-state index in [1.165, 1.54) is 49.0 Å². The first-order chi connectivity index (χ1) is 16.1. The fourth-order valence-electron chi connectivity index (χ4n) is 3.26. The second-order valence-corrected chi connectivity index (χ2v) is 11.4. The van der Waals surface area contributed by atoms with E-state index in [1.807, 2.05) is 0 Å². The van der Waals surface area contributed by atoms with E-state index in [0.717, 1.165) is 9.87 Å². The van der Waals surface area contributed by atoms with E-state index in [4.69, 9.17) is 0 Å². The molecule has 0 aliphatic carbocycles. The zero-order valence-corrected chi connectivity index (χ0v) is 23.2. The van der Waals surface area contributed by atoms with Crippen LogP contribution < -0.4 is 33.9 Å². The number of nitrogens with zero attached hydrogens (tertiary/aromatic N) is 2. The number of H-pyrrole nitrogens is 1. The van der Waals surface area contributed by atoms with Crippen LogP contribution >= 0.6 is 11.8 Å². The number of nitrogens with one attached hydrogen (secondary N) is 1. The first-order valence-corrected chi connectivity index (χ1v) is 13.7. The molecule has 3 aromatic carbocycles. The molecule has 1 N–H and O–H groups in total. The van der Waals surface area contributed by atoms with Crippen molar-refractivity contribution in [3.05, 3.63) is 78.4 Å². The number of hydrogen-bond acceptors (Lipinski definition) is 8. The predicted molar refractivity (Wildman–Crippen MR) is 127 cm³/mol. The Labute approximate surface area is 229 Å². The van der Waals surface area contributed by atoms with Crippen LogP contribution in [0.4, 0.5) is 5.69 Å². The minimum Gasteiger partial charge on any atom is -0.744 e. The third-order valence-corrected chi connectivity index (χ3v) is 8.43. The number of imidazole rings is 1. The molecule has 1 amide bonds. The van der Waals surface area contributed by atoms with Gasteiger partial charge in [0.1, 0.15) is 10.1 Å². The summed E-state index contributed by atoms with van der Waals surface area (Å²) in [5, 5.41) is 0.525. The van der Waals surface area contributed by atoms with Crippen molar-refractivity contribution >= 4 is 54.5 Å². The molecule has 35 heavy (non-hydrogen) atoms. The molecule has 0 saturated heterocycles. The normalized spacial score (nSPS) is 11.7. The molecule has 0 aliphatic rings. The average Bonchev–Trinajstić information content (AvgIpc) is 3.20. The van der Waals surface area contributed by atoms with Gasteiger partial charge < -0.3 is 9.54 Å². The van der Waals surface area contributed by atoms with Crippen LogP contribution in [-0.2, 0) is 30.7 Å². The second-order valence-electron chi connectivity index (χ2n) is 7.23. The van der Waals surface area contributed by atoms with Crippen molar-refractivity contribution in [1.82, 2.24) is 9.97 Å². The van der Waals surface area contributed by atoms with E-state index >= 15 is 0 Å². The SMILES string of the molecule is CC(=O)N(c1ccc(CSc2nc3ccc(S(=O)(=O)[O-])cc3[nH]2)cc1)S(=O)(=O)c1ccccc1.[Na+]. The van der Waals surface area contributed by atoms with Gasteiger partial charge in [0.2, 0.25) is 5.91 Å². The van der Waals surface area contributed by atoms with Crippen molar-refractivity contribution in [3.63, 3.8) is 0 Å². The minimum absolute atomic E-state index is 0. The van der Waals surface area contributed by atoms with Crippen molar-refractivity contribution in [2.75, 3.05) is 4.31 Å². The Hall–Kier alpha value is -2.19. The molecule has 0 unspecified atom stereocenters. The molecule has 1 aromatic heterocycles. The summed E-state index contributed by atoms with van der Waals surface area (Å²) in [5.74, 6) is -0.161. The molecule has 0 spiro atoms. The average molecular weight is 540 g/mol. The van der Waals surface area contributed by atoms with Gasteiger partial charge in [0.25, 0.3) is 10.0 Å². The van der Waals surface area contributed by atoms with Crippen LogP contribution in [0.15, 0.2) is 87.7 Å². The Bertz CT molecular complexity index is 1570. The Morgan fingerprint density at radius 3 is 2.23 bits per heavy atom. The number of aromatic nitrogens is 2. The summed E-state index contributed by atoms with van der Waals surface area (Å²) >= 11 is 1.34. The molecule has 13 heteroatoms. The van der Waals surface area contributed by atoms with Gasteiger partial charge in [-0.1, -0.05) is 42.1 Å². The zero-order chi connectivity index (χ0) is 24.5. The first-order valence-electron chi connectivity index (χ1n) is 9.84. The van der Waals surface area contributed by atoms with Gasteiger partial charge >= 0.3 is 29.6 Å². The van der Waals surface area contributed by atoms with E-state index in [0.29, 0.717) is 21.9 Å². The van der Waals surface area contributed by atoms with Crippen molar-refractivity contribution in [1.29, 1.82) is 0 Å². The topological polar surface area (TPSA) is 140 Å². The van der Waals surface area contributed by atoms with Gasteiger partial charge in [-0.3, -0.25) is 4.79 Å². The number of carbonyl (C=O) groups excluding carboxylic acids is 1. The second kappa shape index (κ2) is 10.8. The van der Waals surface area contributed by atoms with Crippen LogP contribution in [0.2, 0.25) is 0 Å². The van der Waals surface area contributed by atoms with Crippen molar-refractivity contribution in [3.8, 4) is 0 Å². The van der Waals surface area contributed by atoms with E-state index in [1.54, 1.807) is 42.5 Å². The zero-order valence-electron chi connectivity index (χ0n) is 18.7. The number of rotatable bonds is 7. The van der Waals surface area contributed by atoms with Gasteiger partial charge in [0.15, 0.2) is 5.16 Å². The Morgan fingerprint density at radius 1 is 0.971 bits per heavy atom. The van der Waals surface area contributed by atoms with Crippen LogP contribution in [0.3, 0.4) is 0 Å². The molecule has 1 heterocycles. The maximum atomic E-state index is 13.0. The fourth-order valence-corrected chi connectivity index (χ4v) is 6.04. The summed E-state index contributed by atoms with van der Waals surface area (Å²) in [6.07, 6.45) is 0. The van der Waals surface area contributed by atoms with E-state index in [9.17, 15) is 26.2 Å². The van der Waals surface area contributed by atoms with Gasteiger partial charge in [-0.05, 0) is 48.0 Å². The molecule has 4 rings (SSSR count). The molecule has 4 aromatic rings. The van der Waals surface area contributed by atoms with Gasteiger partial charge in [0, 0.05) is 12.7 Å². The Balaban J connectivity index is 0.00000342. The number of sulfonamides is 1. The predicted octanol–water partition coefficient (Wildman–Crippen LogP) is 0.505. The van der Waals surface area contributed by atoms with Crippen molar-refractivity contribution in [2.45, 2.75) is 27.6 Å². The number of carbonyl (C=O) groups is 1. The number of amides is 1. The number of thioether (sulfide) groups is 1. The van der Waals surface area contributed by atoms with Crippen LogP contribution in [-0.4, -0.2) is 37.3 Å². The molecule has 9 nitrogen and oxygen atoms in total. The minimum atomic E-state index is -4.56. The molecular weight excluding hydrogens is 521 g/mol. The fraction of sp³-hybridized carbons (Fsp3) is 0.0909. The third-order valence-electron chi connectivity index (χ3n) is 4.83. The molecule has 0 aliphatic heterocycles. The Morgan fingerprint density at radius 2 is 1.63 bits per heavy atom. The molecule has 176 valence electrons. The number of fused-ring (bicyclic) bond motifs is 1. The summed E-state index contributed by atoms with van der Waals surface area (Å²) in [5.41, 5.74) is 2.02. The van der Waals surface area contributed by atoms with Crippen molar-refractivity contribution in [2.24, 2.45) is 0 Å². The summed E-state index contributed by atoms with van der Waals surface area (Å²) in [4.78, 5) is 19.2. The smallest absolute Gasteiger partial charge is 0.744 e. The van der Waals surface area contributed by atoms with Crippen LogP contribution in [0.25, 0.3) is 11.0 Å². The molecule has 0 bridgehead atoms. The molecular formula is C22H18N3NaO6S3. The van der Waals surface area contributed by atoms with Gasteiger partial charge in [0.05, 0.1) is 26.5 Å². The summed E-state index contributed by atoms with van der Waals surface area (Å²) in [7, 11) is -8.61. The quantitative estimate of drug-likeness (QED) is 0.204. The summed E-state index contributed by atoms with van der Waals surface area (Å²) in [6.45, 7) is 1.19. The molecule has 0 atom stereocenters. The Kier molecular flexibility index (Phi) is 8.48. The van der Waals surface area contributed by atoms with E-state index in [-0.39, 0.29) is 45.0 Å². The monoisotopic (exact) mass is 539 g/mol. The number of anilines is 1. The summed E-state index contributed by atoms with van der Waals surface area (Å²) in [6, 6.07) is 18.2. The third kappa shape index (κ3) is 6.15. The largest absolute Gasteiger partial charge is 1.00 e. The summed E-state index contributed by atoms with van der Waals surface area (Å²) < 4.78 is 60.3. The van der Waals surface area contributed by atoms with Gasteiger partial charge in [-0.2, -0.15) is 0 Å². The van der Waals surface area contributed by atoms with Gasteiger partial charge in [-0.25, -0.2) is 26.1 Å². The van der Waals surface area contributed by atoms with Crippen molar-refractivity contribution < 1.29 is 55.7 Å². The van der Waals surface area contributed by atoms with Crippen LogP contribution in [0, 0.1) is 0 Å².